The number of hydrazone groups is 2. The summed E-state index contributed by atoms with van der Waals surface area (Å²) in [6, 6.07) is 29.1. The first-order valence-electron chi connectivity index (χ1n) is 18.9. The molecule has 0 aliphatic carbocycles. The Morgan fingerprint density at radius 1 is 0.667 bits per heavy atom. The van der Waals surface area contributed by atoms with E-state index in [2.05, 4.69) is 42.0 Å². The van der Waals surface area contributed by atoms with E-state index in [9.17, 15) is 29.1 Å². The lowest BCUT2D eigenvalue weighted by molar-refractivity contribution is -0.116. The van der Waals surface area contributed by atoms with Gasteiger partial charge in [-0.2, -0.15) is 10.2 Å². The average Bonchev–Trinajstić information content (AvgIpc) is 3.25. The molecular formula is C45H35Cl3N8O7. The number of rotatable bonds is 13. The molecule has 2 amide bonds. The molecular weight excluding hydrogens is 871 g/mol. The van der Waals surface area contributed by atoms with Crippen LogP contribution >= 0.6 is 34.8 Å². The molecule has 0 spiro atoms. The number of nitrogens with one attached hydrogen (secondary N) is 6. The zero-order valence-electron chi connectivity index (χ0n) is 33.4. The summed E-state index contributed by atoms with van der Waals surface area (Å²) in [5.41, 5.74) is 9.01. The molecule has 0 saturated heterocycles. The maximum atomic E-state index is 13.5. The molecule has 0 saturated carbocycles. The number of hydrogen-bond donors (Lipinski definition) is 7. The summed E-state index contributed by atoms with van der Waals surface area (Å²) in [5.74, 6) is -3.31. The Labute approximate surface area is 373 Å². The normalized spacial score (nSPS) is 13.6. The van der Waals surface area contributed by atoms with Crippen LogP contribution in [0.3, 0.4) is 0 Å². The molecule has 1 aromatic heterocycles. The molecule has 1 aliphatic heterocycles. The highest BCUT2D eigenvalue weighted by molar-refractivity contribution is 6.68. The van der Waals surface area contributed by atoms with Crippen LogP contribution in [0.15, 0.2) is 124 Å². The minimum atomic E-state index is -1.00. The molecule has 0 radical (unpaired) electrons. The van der Waals surface area contributed by atoms with Crippen LogP contribution in [0.2, 0.25) is 15.1 Å². The van der Waals surface area contributed by atoms with Crippen LogP contribution < -0.4 is 37.1 Å². The summed E-state index contributed by atoms with van der Waals surface area (Å²) in [6.45, 7) is 2.28. The van der Waals surface area contributed by atoms with Gasteiger partial charge in [0.1, 0.15) is 12.0 Å². The van der Waals surface area contributed by atoms with E-state index in [0.29, 0.717) is 27.7 Å². The standard InChI is InChI=1S/C45H35Cl3N8O7/c1-22(57)42(55-53-36-19-33-28(14-30(36)46)26(16-40(59)49-33)24-10-6-4-7-11-24)44(61)51-35-21-39(63-3)38(18-32(35)48)52-45(62)43(23(2)58)56-54-37-20-34-29(15-31(37)47)27(17-41(60)50-34)25-12-8-5-9-13-25/h4-21,40,49,53-54,59H,1-3H3,(H,50,60)(H,51,61)(H,52,62)/b55-42-,56-43-. The number of aliphatic hydroxyl groups is 1. The number of halogens is 3. The zero-order chi connectivity index (χ0) is 44.9. The summed E-state index contributed by atoms with van der Waals surface area (Å²) in [4.78, 5) is 67.6. The number of amides is 2. The summed E-state index contributed by atoms with van der Waals surface area (Å²) >= 11 is 19.8. The van der Waals surface area contributed by atoms with Crippen molar-refractivity contribution in [3.8, 4) is 16.9 Å². The minimum absolute atomic E-state index is 0.00220. The van der Waals surface area contributed by atoms with Crippen molar-refractivity contribution in [3.05, 3.63) is 146 Å². The molecule has 15 nitrogen and oxygen atoms in total. The first-order chi connectivity index (χ1) is 30.2. The van der Waals surface area contributed by atoms with Crippen LogP contribution in [0, 0.1) is 0 Å². The number of methoxy groups -OCH3 is 1. The van der Waals surface area contributed by atoms with E-state index < -0.39 is 41.0 Å². The molecule has 5 aromatic carbocycles. The Balaban J connectivity index is 1.07. The van der Waals surface area contributed by atoms with Crippen molar-refractivity contribution in [3.63, 3.8) is 0 Å². The second kappa shape index (κ2) is 18.8. The van der Waals surface area contributed by atoms with E-state index in [1.807, 2.05) is 60.7 Å². The molecule has 0 bridgehead atoms. The number of anilines is 5. The third kappa shape index (κ3) is 9.77. The molecule has 0 fully saturated rings. The predicted molar refractivity (Wildman–Crippen MR) is 248 cm³/mol. The number of pyridine rings is 1. The van der Waals surface area contributed by atoms with Crippen LogP contribution in [0.25, 0.3) is 27.6 Å². The smallest absolute Gasteiger partial charge is 0.279 e. The van der Waals surface area contributed by atoms with Gasteiger partial charge in [0.25, 0.3) is 11.8 Å². The number of aromatic nitrogens is 1. The van der Waals surface area contributed by atoms with Gasteiger partial charge in [-0.25, -0.2) is 0 Å². The van der Waals surface area contributed by atoms with Gasteiger partial charge in [-0.3, -0.25) is 34.8 Å². The highest BCUT2D eigenvalue weighted by Gasteiger charge is 2.24. The number of aromatic amines is 1. The number of hydrogen-bond acceptors (Lipinski definition) is 12. The number of carbonyl (C=O) groups excluding carboxylic acids is 4. The number of ether oxygens (including phenoxy) is 1. The van der Waals surface area contributed by atoms with Crippen molar-refractivity contribution in [2.45, 2.75) is 20.1 Å². The second-order valence-corrected chi connectivity index (χ2v) is 15.1. The van der Waals surface area contributed by atoms with Crippen molar-refractivity contribution >= 4 is 115 Å². The van der Waals surface area contributed by atoms with Crippen molar-refractivity contribution in [1.29, 1.82) is 0 Å². The van der Waals surface area contributed by atoms with Gasteiger partial charge in [-0.15, -0.1) is 0 Å². The first-order valence-corrected chi connectivity index (χ1v) is 20.0. The van der Waals surface area contributed by atoms with E-state index >= 15 is 0 Å². The molecule has 318 valence electrons. The Morgan fingerprint density at radius 2 is 1.22 bits per heavy atom. The maximum Gasteiger partial charge on any atom is 0.279 e. The van der Waals surface area contributed by atoms with Crippen molar-refractivity contribution in [2.24, 2.45) is 10.2 Å². The van der Waals surface area contributed by atoms with E-state index in [-0.39, 0.29) is 49.1 Å². The number of nitrogens with zero attached hydrogens (tertiary/aromatic N) is 2. The largest absolute Gasteiger partial charge is 0.494 e. The van der Waals surface area contributed by atoms with E-state index in [4.69, 9.17) is 39.5 Å². The van der Waals surface area contributed by atoms with Crippen molar-refractivity contribution in [1.82, 2.24) is 4.98 Å². The summed E-state index contributed by atoms with van der Waals surface area (Å²) < 4.78 is 5.45. The third-order valence-electron chi connectivity index (χ3n) is 9.58. The molecule has 7 rings (SSSR count). The number of carbonyl (C=O) groups is 4. The summed E-state index contributed by atoms with van der Waals surface area (Å²) in [5, 5.41) is 27.6. The second-order valence-electron chi connectivity index (χ2n) is 13.9. The fraction of sp³-hybridized carbons (Fsp3) is 0.0889. The van der Waals surface area contributed by atoms with Crippen LogP contribution in [0.4, 0.5) is 28.4 Å². The molecule has 1 aliphatic rings. The lowest BCUT2D eigenvalue weighted by atomic mass is 9.93. The van der Waals surface area contributed by atoms with Crippen molar-refractivity contribution < 1.29 is 29.0 Å². The zero-order valence-corrected chi connectivity index (χ0v) is 35.7. The van der Waals surface area contributed by atoms with Gasteiger partial charge in [-0.05, 0) is 58.7 Å². The summed E-state index contributed by atoms with van der Waals surface area (Å²) in [6.07, 6.45) is 0.656. The third-order valence-corrected chi connectivity index (χ3v) is 10.5. The quantitative estimate of drug-likeness (QED) is 0.0334. The minimum Gasteiger partial charge on any atom is -0.494 e. The predicted octanol–water partition coefficient (Wildman–Crippen LogP) is 8.33. The first kappa shape index (κ1) is 43.8. The van der Waals surface area contributed by atoms with Crippen molar-refractivity contribution in [2.75, 3.05) is 33.9 Å². The number of aliphatic hydroxyl groups excluding tert-OH is 1. The topological polar surface area (TPSA) is 215 Å². The fourth-order valence-electron chi connectivity index (χ4n) is 6.63. The molecule has 63 heavy (non-hydrogen) atoms. The monoisotopic (exact) mass is 904 g/mol. The highest BCUT2D eigenvalue weighted by atomic mass is 35.5. The fourth-order valence-corrected chi connectivity index (χ4v) is 7.25. The van der Waals surface area contributed by atoms with Gasteiger partial charge in [0.15, 0.2) is 23.0 Å². The maximum absolute atomic E-state index is 13.5. The Kier molecular flexibility index (Phi) is 13.0. The van der Waals surface area contributed by atoms with Crippen LogP contribution in [0.1, 0.15) is 25.0 Å². The lowest BCUT2D eigenvalue weighted by Crippen LogP contribution is -2.30. The number of fused-ring (bicyclic) bond motifs is 2. The van der Waals surface area contributed by atoms with E-state index in [1.54, 1.807) is 24.3 Å². The van der Waals surface area contributed by atoms with Gasteiger partial charge in [0, 0.05) is 42.6 Å². The Morgan fingerprint density at radius 3 is 1.83 bits per heavy atom. The number of benzene rings is 5. The van der Waals surface area contributed by atoms with Gasteiger partial charge < -0.3 is 30.8 Å². The average molecular weight is 906 g/mol. The van der Waals surface area contributed by atoms with Gasteiger partial charge in [-0.1, -0.05) is 95.5 Å². The Hall–Kier alpha value is -7.30. The van der Waals surface area contributed by atoms with Gasteiger partial charge in [0.2, 0.25) is 5.56 Å². The van der Waals surface area contributed by atoms with E-state index in [1.165, 1.54) is 31.4 Å². The molecule has 2 heterocycles. The highest BCUT2D eigenvalue weighted by Crippen LogP contribution is 2.40. The number of Topliss-reactive ketones (excluding diaryl/α,β-unsaturated/α-hetero) is 2. The Bertz CT molecular complexity index is 2990. The van der Waals surface area contributed by atoms with Crippen LogP contribution in [-0.4, -0.2) is 58.2 Å². The number of ketones is 2. The summed E-state index contributed by atoms with van der Waals surface area (Å²) in [7, 11) is 1.29. The van der Waals surface area contributed by atoms with Gasteiger partial charge in [0.05, 0.1) is 50.4 Å². The van der Waals surface area contributed by atoms with Gasteiger partial charge >= 0.3 is 0 Å². The molecule has 18 heteroatoms. The molecule has 7 N–H and O–H groups in total. The lowest BCUT2D eigenvalue weighted by Gasteiger charge is -2.25. The molecule has 1 atom stereocenters. The van der Waals surface area contributed by atoms with Crippen LogP contribution in [0.5, 0.6) is 5.75 Å². The van der Waals surface area contributed by atoms with Crippen LogP contribution in [-0.2, 0) is 19.2 Å². The number of H-pyrrole nitrogens is 1. The molecule has 6 aromatic rings. The molecule has 1 unspecified atom stereocenters. The van der Waals surface area contributed by atoms with E-state index in [0.717, 1.165) is 30.5 Å². The SMILES string of the molecule is COc1cc(NC(=O)/C(=N\Nc2cc3c(cc2Cl)C(c2ccccc2)=CC(O)N3)C(C)=O)c(Cl)cc1NC(=O)/C(=N\Nc1cc2[nH]c(=O)cc(-c3ccccc3)c2cc1Cl)C(C)=O.